The topological polar surface area (TPSA) is 46.9 Å². The predicted octanol–water partition coefficient (Wildman–Crippen LogP) is 2.81. The van der Waals surface area contributed by atoms with E-state index in [2.05, 4.69) is 28.5 Å². The van der Waals surface area contributed by atoms with E-state index in [1.165, 1.54) is 28.0 Å². The van der Waals surface area contributed by atoms with Gasteiger partial charge in [-0.2, -0.15) is 0 Å². The number of benzene rings is 1. The van der Waals surface area contributed by atoms with Crippen LogP contribution in [0.4, 0.5) is 0 Å². The van der Waals surface area contributed by atoms with Gasteiger partial charge in [-0.05, 0) is 29.7 Å². The molecule has 22 heavy (non-hydrogen) atoms. The Morgan fingerprint density at radius 2 is 2.32 bits per heavy atom. The minimum atomic E-state index is -0.0281. The Morgan fingerprint density at radius 3 is 3.23 bits per heavy atom. The van der Waals surface area contributed by atoms with Crippen molar-refractivity contribution in [2.24, 2.45) is 0 Å². The first-order valence-electron chi connectivity index (χ1n) is 7.16. The highest BCUT2D eigenvalue weighted by atomic mass is 35.5. The van der Waals surface area contributed by atoms with E-state index in [9.17, 15) is 4.79 Å². The number of nitrogens with one attached hydrogen (secondary N) is 1. The summed E-state index contributed by atoms with van der Waals surface area (Å²) >= 11 is 7.40. The Labute approximate surface area is 136 Å². The third-order valence-electron chi connectivity index (χ3n) is 4.12. The molecule has 0 unspecified atom stereocenters. The van der Waals surface area contributed by atoms with Crippen LogP contribution in [0.5, 0.6) is 0 Å². The quantitative estimate of drug-likeness (QED) is 0.785. The molecular formula is C16H14ClN3OS. The molecule has 0 aliphatic carbocycles. The normalized spacial score (nSPS) is 14.2. The zero-order valence-corrected chi connectivity index (χ0v) is 13.4. The van der Waals surface area contributed by atoms with Crippen LogP contribution in [0.1, 0.15) is 16.7 Å². The number of hydrogen-bond donors (Lipinski definition) is 1. The number of hydrogen-bond acceptors (Lipinski definition) is 4. The summed E-state index contributed by atoms with van der Waals surface area (Å²) in [5, 5.41) is 5.76. The van der Waals surface area contributed by atoms with Gasteiger partial charge in [0.2, 0.25) is 0 Å². The van der Waals surface area contributed by atoms with Crippen molar-refractivity contribution in [3.63, 3.8) is 0 Å². The Morgan fingerprint density at radius 1 is 1.41 bits per heavy atom. The molecule has 1 aliphatic rings. The summed E-state index contributed by atoms with van der Waals surface area (Å²) in [6.07, 6.45) is 2.60. The fourth-order valence-corrected chi connectivity index (χ4v) is 3.98. The highest BCUT2D eigenvalue weighted by molar-refractivity contribution is 7.16. The zero-order valence-electron chi connectivity index (χ0n) is 11.8. The summed E-state index contributed by atoms with van der Waals surface area (Å²) in [6.45, 7) is 2.43. The second kappa shape index (κ2) is 5.50. The molecular weight excluding hydrogens is 318 g/mol. The standard InChI is InChI=1S/C16H14ClN3OS/c17-15-14-13(8-22-15)16(21)20(9-19-14)7-11-3-1-2-10-6-18-5-4-12(10)11/h1-3,8-9,18H,4-7H2. The first-order chi connectivity index (χ1) is 10.7. The molecule has 3 heterocycles. The van der Waals surface area contributed by atoms with Gasteiger partial charge in [-0.1, -0.05) is 29.8 Å². The molecule has 0 fully saturated rings. The highest BCUT2D eigenvalue weighted by Crippen LogP contribution is 2.26. The fourth-order valence-electron chi connectivity index (χ4n) is 2.99. The average Bonchev–Trinajstić information content (AvgIpc) is 2.92. The van der Waals surface area contributed by atoms with Gasteiger partial charge in [0.25, 0.3) is 5.56 Å². The van der Waals surface area contributed by atoms with E-state index < -0.39 is 0 Å². The van der Waals surface area contributed by atoms with Crippen LogP contribution in [-0.4, -0.2) is 16.1 Å². The highest BCUT2D eigenvalue weighted by Gasteiger charge is 2.14. The van der Waals surface area contributed by atoms with Crippen LogP contribution in [0, 0.1) is 0 Å². The third kappa shape index (κ3) is 2.26. The monoisotopic (exact) mass is 331 g/mol. The van der Waals surface area contributed by atoms with Crippen LogP contribution in [0.25, 0.3) is 10.9 Å². The first kappa shape index (κ1) is 13.9. The molecule has 0 radical (unpaired) electrons. The Bertz CT molecular complexity index is 915. The second-order valence-corrected chi connectivity index (χ2v) is 6.91. The van der Waals surface area contributed by atoms with Crippen molar-refractivity contribution in [1.29, 1.82) is 0 Å². The largest absolute Gasteiger partial charge is 0.312 e. The van der Waals surface area contributed by atoms with Crippen molar-refractivity contribution in [2.45, 2.75) is 19.5 Å². The molecule has 2 aromatic heterocycles. The van der Waals surface area contributed by atoms with E-state index in [4.69, 9.17) is 11.6 Å². The van der Waals surface area contributed by atoms with E-state index >= 15 is 0 Å². The lowest BCUT2D eigenvalue weighted by Gasteiger charge is -2.20. The van der Waals surface area contributed by atoms with Crippen molar-refractivity contribution in [3.05, 3.63) is 61.3 Å². The maximum atomic E-state index is 12.6. The molecule has 112 valence electrons. The van der Waals surface area contributed by atoms with Crippen molar-refractivity contribution >= 4 is 33.8 Å². The molecule has 0 atom stereocenters. The van der Waals surface area contributed by atoms with Gasteiger partial charge in [-0.25, -0.2) is 4.98 Å². The number of halogens is 1. The minimum absolute atomic E-state index is 0.0281. The van der Waals surface area contributed by atoms with Gasteiger partial charge in [-0.3, -0.25) is 9.36 Å². The Hall–Kier alpha value is -1.69. The lowest BCUT2D eigenvalue weighted by Crippen LogP contribution is -2.26. The van der Waals surface area contributed by atoms with Crippen LogP contribution in [0.15, 0.2) is 34.7 Å². The maximum Gasteiger partial charge on any atom is 0.262 e. The molecule has 1 aromatic carbocycles. The van der Waals surface area contributed by atoms with Gasteiger partial charge in [0.05, 0.1) is 18.3 Å². The van der Waals surface area contributed by atoms with Crippen LogP contribution in [-0.2, 0) is 19.5 Å². The number of rotatable bonds is 2. The molecule has 0 saturated carbocycles. The Balaban J connectivity index is 1.78. The summed E-state index contributed by atoms with van der Waals surface area (Å²) < 4.78 is 2.24. The van der Waals surface area contributed by atoms with E-state index in [0.29, 0.717) is 21.8 Å². The molecule has 1 aliphatic heterocycles. The predicted molar refractivity (Wildman–Crippen MR) is 89.8 cm³/mol. The van der Waals surface area contributed by atoms with Gasteiger partial charge in [0, 0.05) is 11.9 Å². The van der Waals surface area contributed by atoms with E-state index in [0.717, 1.165) is 19.5 Å². The number of thiophene rings is 1. The maximum absolute atomic E-state index is 12.6. The lowest BCUT2D eigenvalue weighted by atomic mass is 9.95. The average molecular weight is 332 g/mol. The SMILES string of the molecule is O=c1c2csc(Cl)c2ncn1Cc1cccc2c1CCNC2. The van der Waals surface area contributed by atoms with Crippen LogP contribution >= 0.6 is 22.9 Å². The number of aromatic nitrogens is 2. The summed E-state index contributed by atoms with van der Waals surface area (Å²) in [6, 6.07) is 6.30. The fraction of sp³-hybridized carbons (Fsp3) is 0.250. The Kier molecular flexibility index (Phi) is 3.48. The molecule has 6 heteroatoms. The first-order valence-corrected chi connectivity index (χ1v) is 8.42. The molecule has 1 N–H and O–H groups in total. The van der Waals surface area contributed by atoms with E-state index in [-0.39, 0.29) is 5.56 Å². The summed E-state index contributed by atoms with van der Waals surface area (Å²) in [7, 11) is 0. The third-order valence-corrected chi connectivity index (χ3v) is 5.32. The summed E-state index contributed by atoms with van der Waals surface area (Å²) in [4.78, 5) is 16.9. The number of fused-ring (bicyclic) bond motifs is 2. The molecule has 4 nitrogen and oxygen atoms in total. The van der Waals surface area contributed by atoms with Crippen LogP contribution in [0.3, 0.4) is 0 Å². The van der Waals surface area contributed by atoms with Crippen LogP contribution < -0.4 is 10.9 Å². The zero-order chi connectivity index (χ0) is 15.1. The van der Waals surface area contributed by atoms with E-state index in [1.54, 1.807) is 16.3 Å². The van der Waals surface area contributed by atoms with Crippen molar-refractivity contribution in [3.8, 4) is 0 Å². The second-order valence-electron chi connectivity index (χ2n) is 5.43. The van der Waals surface area contributed by atoms with Gasteiger partial charge in [-0.15, -0.1) is 11.3 Å². The van der Waals surface area contributed by atoms with Gasteiger partial charge < -0.3 is 5.32 Å². The molecule has 0 amide bonds. The van der Waals surface area contributed by atoms with Gasteiger partial charge >= 0.3 is 0 Å². The van der Waals surface area contributed by atoms with Crippen LogP contribution in [0.2, 0.25) is 4.34 Å². The molecule has 3 aromatic rings. The molecule has 0 bridgehead atoms. The van der Waals surface area contributed by atoms with Crippen molar-refractivity contribution in [2.75, 3.05) is 6.54 Å². The van der Waals surface area contributed by atoms with E-state index in [1.807, 2.05) is 0 Å². The molecule has 0 spiro atoms. The van der Waals surface area contributed by atoms with Crippen molar-refractivity contribution < 1.29 is 0 Å². The minimum Gasteiger partial charge on any atom is -0.312 e. The summed E-state index contributed by atoms with van der Waals surface area (Å²) in [5.74, 6) is 0. The lowest BCUT2D eigenvalue weighted by molar-refractivity contribution is 0.631. The van der Waals surface area contributed by atoms with Gasteiger partial charge in [0.1, 0.15) is 9.85 Å². The smallest absolute Gasteiger partial charge is 0.262 e. The number of nitrogens with zero attached hydrogens (tertiary/aromatic N) is 2. The molecule has 4 rings (SSSR count). The van der Waals surface area contributed by atoms with Crippen molar-refractivity contribution in [1.82, 2.24) is 14.9 Å². The van der Waals surface area contributed by atoms with Gasteiger partial charge in [0.15, 0.2) is 0 Å². The summed E-state index contributed by atoms with van der Waals surface area (Å²) in [5.41, 5.74) is 4.46. The molecule has 0 saturated heterocycles.